The quantitative estimate of drug-likeness (QED) is 0.928. The van der Waals surface area contributed by atoms with Gasteiger partial charge in [-0.2, -0.15) is 0 Å². The zero-order chi connectivity index (χ0) is 13.9. The molecule has 0 saturated carbocycles. The van der Waals surface area contributed by atoms with Crippen LogP contribution < -0.4 is 4.74 Å². The van der Waals surface area contributed by atoms with Crippen LogP contribution in [-0.2, 0) is 0 Å². The van der Waals surface area contributed by atoms with Crippen LogP contribution in [0.2, 0.25) is 0 Å². The van der Waals surface area contributed by atoms with Gasteiger partial charge in [0.15, 0.2) is 0 Å². The number of pyridine rings is 1. The van der Waals surface area contributed by atoms with E-state index in [1.165, 1.54) is 5.56 Å². The third-order valence-electron chi connectivity index (χ3n) is 3.91. The number of hydrogen-bond donors (Lipinski definition) is 1. The molecule has 3 nitrogen and oxygen atoms in total. The number of aliphatic hydroxyl groups excluding tert-OH is 1. The Morgan fingerprint density at radius 1 is 1.30 bits per heavy atom. The maximum Gasteiger partial charge on any atom is 0.122 e. The van der Waals surface area contributed by atoms with Crippen molar-refractivity contribution in [2.24, 2.45) is 0 Å². The van der Waals surface area contributed by atoms with Gasteiger partial charge in [0.05, 0.1) is 12.7 Å². The number of para-hydroxylation sites is 1. The van der Waals surface area contributed by atoms with Crippen LogP contribution in [-0.4, -0.2) is 16.7 Å². The first kappa shape index (κ1) is 13.1. The fraction of sp³-hybridized carbons (Fsp3) is 0.353. The molecule has 0 saturated heterocycles. The monoisotopic (exact) mass is 269 g/mol. The van der Waals surface area contributed by atoms with Gasteiger partial charge in [0.25, 0.3) is 0 Å². The average Bonchev–Trinajstić information content (AvgIpc) is 2.48. The van der Waals surface area contributed by atoms with Crippen molar-refractivity contribution in [1.29, 1.82) is 0 Å². The topological polar surface area (TPSA) is 42.4 Å². The van der Waals surface area contributed by atoms with Gasteiger partial charge in [-0.25, -0.2) is 0 Å². The largest absolute Gasteiger partial charge is 0.493 e. The van der Waals surface area contributed by atoms with Gasteiger partial charge in [0.1, 0.15) is 5.75 Å². The van der Waals surface area contributed by atoms with Crippen molar-refractivity contribution in [2.75, 3.05) is 6.61 Å². The first-order valence-corrected chi connectivity index (χ1v) is 7.06. The molecule has 2 aromatic rings. The van der Waals surface area contributed by atoms with E-state index >= 15 is 0 Å². The second-order valence-electron chi connectivity index (χ2n) is 5.36. The van der Waals surface area contributed by atoms with Crippen LogP contribution in [0, 0.1) is 6.92 Å². The van der Waals surface area contributed by atoms with Crippen LogP contribution in [0.5, 0.6) is 5.75 Å². The molecular weight excluding hydrogens is 250 g/mol. The number of aromatic nitrogens is 1. The minimum Gasteiger partial charge on any atom is -0.493 e. The number of aryl methyl sites for hydroxylation is 1. The summed E-state index contributed by atoms with van der Waals surface area (Å²) < 4.78 is 5.66. The summed E-state index contributed by atoms with van der Waals surface area (Å²) in [6.07, 6.45) is 2.96. The molecule has 1 aromatic heterocycles. The first-order chi connectivity index (χ1) is 9.74. The molecule has 104 valence electrons. The summed E-state index contributed by atoms with van der Waals surface area (Å²) in [5.74, 6) is 1.30. The number of rotatable bonds is 3. The Kier molecular flexibility index (Phi) is 3.70. The molecule has 3 rings (SSSR count). The van der Waals surface area contributed by atoms with Crippen LogP contribution >= 0.6 is 0 Å². The van der Waals surface area contributed by atoms with Gasteiger partial charge in [0, 0.05) is 11.9 Å². The predicted octanol–water partition coefficient (Wildman–Crippen LogP) is 3.38. The van der Waals surface area contributed by atoms with Crippen molar-refractivity contribution >= 4 is 0 Å². The van der Waals surface area contributed by atoms with E-state index in [2.05, 4.69) is 11.1 Å². The second kappa shape index (κ2) is 5.63. The van der Waals surface area contributed by atoms with E-state index in [-0.39, 0.29) is 0 Å². The lowest BCUT2D eigenvalue weighted by molar-refractivity contribution is 0.144. The van der Waals surface area contributed by atoms with Crippen LogP contribution in [0.3, 0.4) is 0 Å². The number of benzene rings is 1. The van der Waals surface area contributed by atoms with Gasteiger partial charge < -0.3 is 9.84 Å². The Morgan fingerprint density at radius 2 is 2.15 bits per heavy atom. The Bertz CT molecular complexity index is 580. The SMILES string of the molecule is Cc1ccc(C(O)CC2CCOc3ccccc32)cn1. The third-order valence-corrected chi connectivity index (χ3v) is 3.91. The molecule has 0 bridgehead atoms. The summed E-state index contributed by atoms with van der Waals surface area (Å²) in [5.41, 5.74) is 3.06. The summed E-state index contributed by atoms with van der Waals surface area (Å²) in [6, 6.07) is 12.0. The van der Waals surface area contributed by atoms with Crippen molar-refractivity contribution < 1.29 is 9.84 Å². The van der Waals surface area contributed by atoms with Crippen molar-refractivity contribution in [3.8, 4) is 5.75 Å². The standard InChI is InChI=1S/C17H19NO2/c1-12-6-7-14(11-18-12)16(19)10-13-8-9-20-17-5-3-2-4-15(13)17/h2-7,11,13,16,19H,8-10H2,1H3. The van der Waals surface area contributed by atoms with Crippen LogP contribution in [0.15, 0.2) is 42.6 Å². The van der Waals surface area contributed by atoms with Gasteiger partial charge in [-0.1, -0.05) is 24.3 Å². The van der Waals surface area contributed by atoms with E-state index in [4.69, 9.17) is 4.74 Å². The second-order valence-corrected chi connectivity index (χ2v) is 5.36. The van der Waals surface area contributed by atoms with Crippen LogP contribution in [0.25, 0.3) is 0 Å². The molecule has 1 aromatic carbocycles. The number of nitrogens with zero attached hydrogens (tertiary/aromatic N) is 1. The zero-order valence-corrected chi connectivity index (χ0v) is 11.6. The molecule has 2 atom stereocenters. The Labute approximate surface area is 119 Å². The lowest BCUT2D eigenvalue weighted by atomic mass is 9.87. The molecule has 0 amide bonds. The van der Waals surface area contributed by atoms with E-state index in [1.807, 2.05) is 37.3 Å². The highest BCUT2D eigenvalue weighted by Crippen LogP contribution is 2.38. The molecule has 2 unspecified atom stereocenters. The first-order valence-electron chi connectivity index (χ1n) is 7.06. The summed E-state index contributed by atoms with van der Waals surface area (Å²) >= 11 is 0. The molecule has 0 fully saturated rings. The maximum absolute atomic E-state index is 10.4. The molecular formula is C17H19NO2. The van der Waals surface area contributed by atoms with Crippen molar-refractivity contribution in [1.82, 2.24) is 4.98 Å². The minimum absolute atomic E-state index is 0.344. The van der Waals surface area contributed by atoms with Crippen LogP contribution in [0.4, 0.5) is 0 Å². The highest BCUT2D eigenvalue weighted by molar-refractivity contribution is 5.38. The fourth-order valence-electron chi connectivity index (χ4n) is 2.74. The van der Waals surface area contributed by atoms with E-state index in [9.17, 15) is 5.11 Å². The molecule has 3 heteroatoms. The molecule has 0 spiro atoms. The lowest BCUT2D eigenvalue weighted by Gasteiger charge is -2.27. The predicted molar refractivity (Wildman–Crippen MR) is 77.8 cm³/mol. The Hall–Kier alpha value is -1.87. The van der Waals surface area contributed by atoms with Crippen molar-refractivity contribution in [3.05, 3.63) is 59.4 Å². The summed E-state index contributed by atoms with van der Waals surface area (Å²) in [7, 11) is 0. The summed E-state index contributed by atoms with van der Waals surface area (Å²) in [5, 5.41) is 10.4. The van der Waals surface area contributed by atoms with Gasteiger partial charge in [-0.05, 0) is 48.9 Å². The normalized spacial score (nSPS) is 19.0. The van der Waals surface area contributed by atoms with Gasteiger partial charge >= 0.3 is 0 Å². The fourth-order valence-corrected chi connectivity index (χ4v) is 2.74. The molecule has 0 aliphatic carbocycles. The molecule has 1 aliphatic rings. The molecule has 0 radical (unpaired) electrons. The highest BCUT2D eigenvalue weighted by Gasteiger charge is 2.24. The molecule has 1 aliphatic heterocycles. The number of ether oxygens (including phenoxy) is 1. The third kappa shape index (κ3) is 2.68. The number of aliphatic hydroxyl groups is 1. The zero-order valence-electron chi connectivity index (χ0n) is 11.6. The summed E-state index contributed by atoms with van der Waals surface area (Å²) in [6.45, 7) is 2.67. The van der Waals surface area contributed by atoms with Crippen molar-refractivity contribution in [2.45, 2.75) is 31.8 Å². The number of fused-ring (bicyclic) bond motifs is 1. The van der Waals surface area contributed by atoms with Gasteiger partial charge in [-0.15, -0.1) is 0 Å². The smallest absolute Gasteiger partial charge is 0.122 e. The van der Waals surface area contributed by atoms with E-state index in [0.717, 1.165) is 30.0 Å². The van der Waals surface area contributed by atoms with E-state index < -0.39 is 6.10 Å². The van der Waals surface area contributed by atoms with E-state index in [1.54, 1.807) is 6.20 Å². The average molecular weight is 269 g/mol. The Morgan fingerprint density at radius 3 is 2.95 bits per heavy atom. The molecule has 2 heterocycles. The molecule has 1 N–H and O–H groups in total. The maximum atomic E-state index is 10.4. The summed E-state index contributed by atoms with van der Waals surface area (Å²) in [4.78, 5) is 4.25. The highest BCUT2D eigenvalue weighted by atomic mass is 16.5. The minimum atomic E-state index is -0.473. The Balaban J connectivity index is 1.77. The van der Waals surface area contributed by atoms with Crippen molar-refractivity contribution in [3.63, 3.8) is 0 Å². The number of hydrogen-bond acceptors (Lipinski definition) is 3. The van der Waals surface area contributed by atoms with E-state index in [0.29, 0.717) is 12.3 Å². The molecule has 20 heavy (non-hydrogen) atoms. The van der Waals surface area contributed by atoms with Gasteiger partial charge in [-0.3, -0.25) is 4.98 Å². The van der Waals surface area contributed by atoms with Gasteiger partial charge in [0.2, 0.25) is 0 Å². The van der Waals surface area contributed by atoms with Crippen LogP contribution in [0.1, 0.15) is 41.7 Å². The lowest BCUT2D eigenvalue weighted by Crippen LogP contribution is -2.16.